The summed E-state index contributed by atoms with van der Waals surface area (Å²) in [5, 5.41) is 0.445. The smallest absolute Gasteiger partial charge is 0.147 e. The Bertz CT molecular complexity index is 354. The molecule has 1 aliphatic rings. The van der Waals surface area contributed by atoms with Gasteiger partial charge in [-0.25, -0.2) is 4.98 Å². The van der Waals surface area contributed by atoms with Crippen molar-refractivity contribution in [3.05, 3.63) is 23.2 Å². The van der Waals surface area contributed by atoms with E-state index in [0.717, 1.165) is 37.8 Å². The van der Waals surface area contributed by atoms with Gasteiger partial charge in [0.1, 0.15) is 5.15 Å². The summed E-state index contributed by atoms with van der Waals surface area (Å²) in [4.78, 5) is 10.7. The first-order chi connectivity index (χ1) is 8.19. The standard InChI is InChI=1S/C12H19ClN4/c1-9-2-3-17(7-10(9)4-14)8-11-5-16-12(13)6-15-11/h5-6,9-10H,2-4,7-8,14H2,1H3. The van der Waals surface area contributed by atoms with E-state index in [1.54, 1.807) is 12.4 Å². The predicted molar refractivity (Wildman–Crippen MR) is 68.6 cm³/mol. The minimum Gasteiger partial charge on any atom is -0.330 e. The molecule has 2 atom stereocenters. The van der Waals surface area contributed by atoms with Crippen molar-refractivity contribution in [2.45, 2.75) is 19.9 Å². The zero-order valence-corrected chi connectivity index (χ0v) is 10.9. The minimum absolute atomic E-state index is 0.445. The van der Waals surface area contributed by atoms with Crippen LogP contribution >= 0.6 is 11.6 Å². The van der Waals surface area contributed by atoms with Crippen LogP contribution in [0.25, 0.3) is 0 Å². The van der Waals surface area contributed by atoms with Crippen LogP contribution in [0.3, 0.4) is 0 Å². The fourth-order valence-corrected chi connectivity index (χ4v) is 2.42. The van der Waals surface area contributed by atoms with Crippen LogP contribution < -0.4 is 5.73 Å². The van der Waals surface area contributed by atoms with E-state index in [1.165, 1.54) is 6.42 Å². The molecule has 1 aromatic heterocycles. The van der Waals surface area contributed by atoms with Crippen LogP contribution in [0, 0.1) is 11.8 Å². The number of hydrogen-bond acceptors (Lipinski definition) is 4. The fraction of sp³-hybridized carbons (Fsp3) is 0.667. The Morgan fingerprint density at radius 3 is 2.94 bits per heavy atom. The molecule has 1 saturated heterocycles. The van der Waals surface area contributed by atoms with E-state index >= 15 is 0 Å². The molecule has 0 aromatic carbocycles. The number of piperidine rings is 1. The molecule has 17 heavy (non-hydrogen) atoms. The quantitative estimate of drug-likeness (QED) is 0.889. The summed E-state index contributed by atoms with van der Waals surface area (Å²) < 4.78 is 0. The molecular formula is C12H19ClN4. The molecule has 0 saturated carbocycles. The normalized spacial score (nSPS) is 26.1. The lowest BCUT2D eigenvalue weighted by Gasteiger charge is -2.36. The first-order valence-corrected chi connectivity index (χ1v) is 6.45. The number of halogens is 1. The lowest BCUT2D eigenvalue weighted by atomic mass is 9.87. The molecule has 1 aliphatic heterocycles. The average molecular weight is 255 g/mol. The fourth-order valence-electron chi connectivity index (χ4n) is 2.33. The van der Waals surface area contributed by atoms with E-state index < -0.39 is 0 Å². The van der Waals surface area contributed by atoms with Gasteiger partial charge in [-0.15, -0.1) is 0 Å². The molecule has 0 amide bonds. The number of hydrogen-bond donors (Lipinski definition) is 1. The van der Waals surface area contributed by atoms with Gasteiger partial charge in [0, 0.05) is 13.1 Å². The SMILES string of the molecule is CC1CCN(Cc2cnc(Cl)cn2)CC1CN. The maximum atomic E-state index is 5.80. The van der Waals surface area contributed by atoms with Crippen molar-refractivity contribution in [3.8, 4) is 0 Å². The summed E-state index contributed by atoms with van der Waals surface area (Å²) in [6.45, 7) is 6.07. The Labute approximate surface area is 107 Å². The van der Waals surface area contributed by atoms with E-state index in [9.17, 15) is 0 Å². The van der Waals surface area contributed by atoms with Gasteiger partial charge in [-0.1, -0.05) is 18.5 Å². The van der Waals surface area contributed by atoms with Crippen molar-refractivity contribution < 1.29 is 0 Å². The minimum atomic E-state index is 0.445. The van der Waals surface area contributed by atoms with Gasteiger partial charge >= 0.3 is 0 Å². The lowest BCUT2D eigenvalue weighted by Crippen LogP contribution is -2.42. The van der Waals surface area contributed by atoms with Crippen LogP contribution in [0.1, 0.15) is 19.0 Å². The average Bonchev–Trinajstić information content (AvgIpc) is 2.34. The van der Waals surface area contributed by atoms with E-state index in [1.807, 2.05) is 0 Å². The van der Waals surface area contributed by atoms with Crippen molar-refractivity contribution in [3.63, 3.8) is 0 Å². The highest BCUT2D eigenvalue weighted by atomic mass is 35.5. The molecule has 1 aromatic rings. The third-order valence-corrected chi connectivity index (χ3v) is 3.76. The highest BCUT2D eigenvalue weighted by Gasteiger charge is 2.25. The molecule has 2 unspecified atom stereocenters. The number of nitrogens with two attached hydrogens (primary N) is 1. The van der Waals surface area contributed by atoms with Gasteiger partial charge in [-0.3, -0.25) is 9.88 Å². The zero-order chi connectivity index (χ0) is 12.3. The number of nitrogens with zero attached hydrogens (tertiary/aromatic N) is 3. The van der Waals surface area contributed by atoms with Gasteiger partial charge in [-0.2, -0.15) is 0 Å². The Morgan fingerprint density at radius 2 is 2.29 bits per heavy atom. The second-order valence-electron chi connectivity index (χ2n) is 4.83. The highest BCUT2D eigenvalue weighted by Crippen LogP contribution is 2.23. The summed E-state index contributed by atoms with van der Waals surface area (Å²) in [5.74, 6) is 1.33. The molecule has 0 bridgehead atoms. The largest absolute Gasteiger partial charge is 0.330 e. The zero-order valence-electron chi connectivity index (χ0n) is 10.1. The van der Waals surface area contributed by atoms with Crippen LogP contribution in [0.15, 0.2) is 12.4 Å². The summed E-state index contributed by atoms with van der Waals surface area (Å²) in [7, 11) is 0. The molecule has 94 valence electrons. The predicted octanol–water partition coefficient (Wildman–Crippen LogP) is 1.55. The van der Waals surface area contributed by atoms with Gasteiger partial charge < -0.3 is 5.73 Å². The van der Waals surface area contributed by atoms with Crippen molar-refractivity contribution in [2.24, 2.45) is 17.6 Å². The highest BCUT2D eigenvalue weighted by molar-refractivity contribution is 6.29. The van der Waals surface area contributed by atoms with Gasteiger partial charge in [0.15, 0.2) is 0 Å². The van der Waals surface area contributed by atoms with Gasteiger partial charge in [-0.05, 0) is 31.3 Å². The topological polar surface area (TPSA) is 55.0 Å². The maximum absolute atomic E-state index is 5.80. The second-order valence-corrected chi connectivity index (χ2v) is 5.21. The van der Waals surface area contributed by atoms with Crippen molar-refractivity contribution >= 4 is 11.6 Å². The molecule has 2 rings (SSSR count). The summed E-state index contributed by atoms with van der Waals surface area (Å²) in [5.41, 5.74) is 6.77. The van der Waals surface area contributed by atoms with Crippen LogP contribution in [-0.4, -0.2) is 34.5 Å². The maximum Gasteiger partial charge on any atom is 0.147 e. The molecule has 0 aliphatic carbocycles. The molecule has 4 nitrogen and oxygen atoms in total. The second kappa shape index (κ2) is 5.76. The van der Waals surface area contributed by atoms with Gasteiger partial charge in [0.25, 0.3) is 0 Å². The van der Waals surface area contributed by atoms with Crippen molar-refractivity contribution in [1.29, 1.82) is 0 Å². The molecular weight excluding hydrogens is 236 g/mol. The third kappa shape index (κ3) is 3.37. The Kier molecular flexibility index (Phi) is 4.31. The van der Waals surface area contributed by atoms with Crippen molar-refractivity contribution in [1.82, 2.24) is 14.9 Å². The van der Waals surface area contributed by atoms with Crippen LogP contribution in [-0.2, 0) is 6.54 Å². The molecule has 2 N–H and O–H groups in total. The van der Waals surface area contributed by atoms with Gasteiger partial charge in [0.05, 0.1) is 18.1 Å². The summed E-state index contributed by atoms with van der Waals surface area (Å²) in [6, 6.07) is 0. The van der Waals surface area contributed by atoms with Gasteiger partial charge in [0.2, 0.25) is 0 Å². The molecule has 5 heteroatoms. The van der Waals surface area contributed by atoms with E-state index in [-0.39, 0.29) is 0 Å². The Hall–Kier alpha value is -0.710. The van der Waals surface area contributed by atoms with Crippen molar-refractivity contribution in [2.75, 3.05) is 19.6 Å². The molecule has 1 fully saturated rings. The monoisotopic (exact) mass is 254 g/mol. The first-order valence-electron chi connectivity index (χ1n) is 6.08. The molecule has 0 spiro atoms. The number of rotatable bonds is 3. The third-order valence-electron chi connectivity index (χ3n) is 3.56. The summed E-state index contributed by atoms with van der Waals surface area (Å²) in [6.07, 6.45) is 4.56. The Morgan fingerprint density at radius 1 is 1.47 bits per heavy atom. The molecule has 0 radical (unpaired) electrons. The van der Waals surface area contributed by atoms with E-state index in [2.05, 4.69) is 21.8 Å². The van der Waals surface area contributed by atoms with Crippen LogP contribution in [0.5, 0.6) is 0 Å². The first kappa shape index (κ1) is 12.7. The Balaban J connectivity index is 1.93. The van der Waals surface area contributed by atoms with Crippen LogP contribution in [0.2, 0.25) is 5.15 Å². The lowest BCUT2D eigenvalue weighted by molar-refractivity contribution is 0.125. The van der Waals surface area contributed by atoms with E-state index in [0.29, 0.717) is 11.1 Å². The number of likely N-dealkylation sites (tertiary alicyclic amines) is 1. The van der Waals surface area contributed by atoms with E-state index in [4.69, 9.17) is 17.3 Å². The van der Waals surface area contributed by atoms with Crippen LogP contribution in [0.4, 0.5) is 0 Å². The number of aromatic nitrogens is 2. The molecule has 2 heterocycles. The summed E-state index contributed by atoms with van der Waals surface area (Å²) >= 11 is 5.72.